The van der Waals surface area contributed by atoms with E-state index in [4.69, 9.17) is 5.41 Å². The number of nitrogens with zero attached hydrogens (tertiary/aromatic N) is 5. The Bertz CT molecular complexity index is 1190. The van der Waals surface area contributed by atoms with Crippen LogP contribution >= 0.6 is 11.8 Å². The van der Waals surface area contributed by atoms with Gasteiger partial charge in [-0.1, -0.05) is 6.07 Å². The Kier molecular flexibility index (Phi) is 4.42. The average Bonchev–Trinajstić information content (AvgIpc) is 3.23. The third-order valence-electron chi connectivity index (χ3n) is 4.81. The number of aryl methyl sites for hydroxylation is 2. The number of hydrazone groups is 1. The molecule has 0 spiro atoms. The van der Waals surface area contributed by atoms with Crippen LogP contribution < -0.4 is 0 Å². The summed E-state index contributed by atoms with van der Waals surface area (Å²) in [5, 5.41) is 25.2. The average molecular weight is 408 g/mol. The van der Waals surface area contributed by atoms with Gasteiger partial charge in [-0.2, -0.15) is 15.1 Å². The van der Waals surface area contributed by atoms with E-state index < -0.39 is 10.8 Å². The fraction of sp³-hybridized carbons (Fsp3) is 0.158. The second kappa shape index (κ2) is 6.82. The van der Waals surface area contributed by atoms with E-state index >= 15 is 0 Å². The quantitative estimate of drug-likeness (QED) is 0.473. The number of carbonyl (C=O) groups is 1. The van der Waals surface area contributed by atoms with Crippen molar-refractivity contribution in [2.45, 2.75) is 20.8 Å². The second-order valence-electron chi connectivity index (χ2n) is 6.65. The predicted octanol–water partition coefficient (Wildman–Crippen LogP) is 3.56. The summed E-state index contributed by atoms with van der Waals surface area (Å²) < 4.78 is 1.91. The lowest BCUT2D eigenvalue weighted by molar-refractivity contribution is -0.384. The van der Waals surface area contributed by atoms with Gasteiger partial charge >= 0.3 is 0 Å². The highest BCUT2D eigenvalue weighted by Crippen LogP contribution is 2.29. The first-order chi connectivity index (χ1) is 13.8. The molecule has 3 heterocycles. The number of nitro benzene ring substituents is 1. The van der Waals surface area contributed by atoms with Gasteiger partial charge in [-0.3, -0.25) is 20.3 Å². The first kappa shape index (κ1) is 18.8. The molecule has 0 unspecified atom stereocenters. The van der Waals surface area contributed by atoms with Crippen molar-refractivity contribution in [1.82, 2.24) is 9.58 Å². The van der Waals surface area contributed by atoms with Gasteiger partial charge in [-0.05, 0) is 55.8 Å². The Morgan fingerprint density at radius 1 is 1.24 bits per heavy atom. The highest BCUT2D eigenvalue weighted by molar-refractivity contribution is 8.25. The van der Waals surface area contributed by atoms with E-state index in [1.807, 2.05) is 31.4 Å². The minimum absolute atomic E-state index is 0.00787. The molecule has 0 atom stereocenters. The van der Waals surface area contributed by atoms with Gasteiger partial charge in [-0.15, -0.1) is 0 Å². The molecule has 0 fully saturated rings. The summed E-state index contributed by atoms with van der Waals surface area (Å²) in [7, 11) is 0. The second-order valence-corrected chi connectivity index (χ2v) is 7.46. The molecule has 2 aliphatic rings. The number of amides is 1. The number of hydrogen-bond donors (Lipinski definition) is 1. The molecule has 1 amide bonds. The molecule has 2 aromatic rings. The molecule has 2 aliphatic heterocycles. The highest BCUT2D eigenvalue weighted by Gasteiger charge is 2.32. The number of benzene rings is 1. The van der Waals surface area contributed by atoms with Crippen LogP contribution in [-0.2, 0) is 4.79 Å². The minimum Gasteiger partial charge on any atom is -0.317 e. The number of aromatic nitrogens is 1. The normalized spacial score (nSPS) is 17.1. The fourth-order valence-electron chi connectivity index (χ4n) is 3.35. The molecular formula is C19H16N6O3S. The van der Waals surface area contributed by atoms with Crippen LogP contribution in [0.4, 0.5) is 5.69 Å². The Morgan fingerprint density at radius 3 is 2.72 bits per heavy atom. The number of aliphatic imine (C=N–C) groups is 1. The van der Waals surface area contributed by atoms with Crippen molar-refractivity contribution < 1.29 is 9.72 Å². The number of fused-ring (bicyclic) bond motifs is 1. The monoisotopic (exact) mass is 408 g/mol. The van der Waals surface area contributed by atoms with E-state index in [0.29, 0.717) is 10.9 Å². The summed E-state index contributed by atoms with van der Waals surface area (Å²) in [5.74, 6) is -0.520. The highest BCUT2D eigenvalue weighted by atomic mass is 32.2. The summed E-state index contributed by atoms with van der Waals surface area (Å²) in [6.45, 7) is 5.64. The maximum Gasteiger partial charge on any atom is 0.283 e. The molecule has 0 saturated heterocycles. The lowest BCUT2D eigenvalue weighted by Crippen LogP contribution is -2.35. The number of carbonyl (C=O) groups excluding carboxylic acids is 1. The number of nitrogens with one attached hydrogen (secondary N) is 1. The van der Waals surface area contributed by atoms with Crippen LogP contribution in [0, 0.1) is 36.3 Å². The molecule has 1 N–H and O–H groups in total. The lowest BCUT2D eigenvalue weighted by Gasteiger charge is -2.20. The van der Waals surface area contributed by atoms with Gasteiger partial charge in [0.05, 0.1) is 21.7 Å². The number of thioether (sulfide) groups is 1. The van der Waals surface area contributed by atoms with E-state index in [2.05, 4.69) is 10.1 Å². The zero-order chi connectivity index (χ0) is 20.9. The van der Waals surface area contributed by atoms with Crippen LogP contribution in [0.5, 0.6) is 0 Å². The molecule has 0 bridgehead atoms. The van der Waals surface area contributed by atoms with Crippen molar-refractivity contribution in [2.24, 2.45) is 10.1 Å². The van der Waals surface area contributed by atoms with Crippen molar-refractivity contribution in [3.8, 4) is 5.69 Å². The van der Waals surface area contributed by atoms with Gasteiger partial charge in [0.2, 0.25) is 0 Å². The van der Waals surface area contributed by atoms with E-state index in [0.717, 1.165) is 22.5 Å². The van der Waals surface area contributed by atoms with Crippen LogP contribution in [0.3, 0.4) is 0 Å². The summed E-state index contributed by atoms with van der Waals surface area (Å²) in [6.07, 6.45) is 1.62. The van der Waals surface area contributed by atoms with Crippen LogP contribution in [0.25, 0.3) is 11.8 Å². The van der Waals surface area contributed by atoms with Gasteiger partial charge in [-0.25, -0.2) is 0 Å². The Labute approximate surface area is 170 Å². The van der Waals surface area contributed by atoms with Gasteiger partial charge in [0.25, 0.3) is 11.6 Å². The fourth-order valence-corrected chi connectivity index (χ4v) is 3.96. The van der Waals surface area contributed by atoms with E-state index in [1.54, 1.807) is 12.1 Å². The van der Waals surface area contributed by atoms with E-state index in [-0.39, 0.29) is 17.1 Å². The Hall–Kier alpha value is -3.53. The third-order valence-corrected chi connectivity index (χ3v) is 5.49. The topological polar surface area (TPSA) is 117 Å². The van der Waals surface area contributed by atoms with Gasteiger partial charge < -0.3 is 4.57 Å². The van der Waals surface area contributed by atoms with Gasteiger partial charge in [0, 0.05) is 23.5 Å². The summed E-state index contributed by atoms with van der Waals surface area (Å²) in [4.78, 5) is 27.2. The maximum absolute atomic E-state index is 12.4. The van der Waals surface area contributed by atoms with Crippen LogP contribution in [0.1, 0.15) is 22.5 Å². The SMILES string of the molecule is Cc1ccc([N+](=O)[O-])cc1-n1c(C)cc(C=C2C(=N)N3N=CSC3=NC2=O)c1C. The standard InChI is InChI=1S/C19H16N6O3S/c1-10-4-5-14(25(27)28)8-16(10)23-11(2)6-13(12(23)3)7-15-17(20)24-19(22-18(15)26)29-9-21-24/h4-9,20H,1-3H3. The summed E-state index contributed by atoms with van der Waals surface area (Å²) >= 11 is 1.19. The molecule has 0 aliphatic carbocycles. The molecule has 29 heavy (non-hydrogen) atoms. The smallest absolute Gasteiger partial charge is 0.283 e. The van der Waals surface area contributed by atoms with Crippen molar-refractivity contribution in [1.29, 1.82) is 5.41 Å². The molecule has 146 valence electrons. The first-order valence-electron chi connectivity index (χ1n) is 8.65. The minimum atomic E-state index is -0.490. The Morgan fingerprint density at radius 2 is 2.00 bits per heavy atom. The van der Waals surface area contributed by atoms with Crippen LogP contribution in [0.2, 0.25) is 0 Å². The molecule has 1 aromatic heterocycles. The molecule has 9 nitrogen and oxygen atoms in total. The van der Waals surface area contributed by atoms with Crippen LogP contribution in [-0.4, -0.2) is 37.0 Å². The molecule has 10 heteroatoms. The van der Waals surface area contributed by atoms with Crippen molar-refractivity contribution in [3.63, 3.8) is 0 Å². The van der Waals surface area contributed by atoms with Crippen molar-refractivity contribution in [3.05, 3.63) is 62.5 Å². The van der Waals surface area contributed by atoms with Crippen LogP contribution in [0.15, 0.2) is 39.9 Å². The Balaban J connectivity index is 1.82. The summed E-state index contributed by atoms with van der Waals surface area (Å²) in [5.41, 5.74) is 5.65. The molecule has 1 aromatic carbocycles. The zero-order valence-corrected chi connectivity index (χ0v) is 16.6. The van der Waals surface area contributed by atoms with Gasteiger partial charge in [0.1, 0.15) is 0 Å². The summed E-state index contributed by atoms with van der Waals surface area (Å²) in [6, 6.07) is 6.60. The third kappa shape index (κ3) is 3.07. The van der Waals surface area contributed by atoms with Gasteiger partial charge in [0.15, 0.2) is 11.0 Å². The number of nitro groups is 1. The maximum atomic E-state index is 12.4. The number of amidine groups is 2. The number of hydrogen-bond acceptors (Lipinski definition) is 6. The molecule has 0 radical (unpaired) electrons. The molecular weight excluding hydrogens is 392 g/mol. The molecule has 0 saturated carbocycles. The number of rotatable bonds is 3. The predicted molar refractivity (Wildman–Crippen MR) is 113 cm³/mol. The van der Waals surface area contributed by atoms with E-state index in [9.17, 15) is 14.9 Å². The van der Waals surface area contributed by atoms with Crippen molar-refractivity contribution >= 4 is 46.0 Å². The zero-order valence-electron chi connectivity index (χ0n) is 15.8. The lowest BCUT2D eigenvalue weighted by atomic mass is 10.1. The largest absolute Gasteiger partial charge is 0.317 e. The first-order valence-corrected chi connectivity index (χ1v) is 9.53. The van der Waals surface area contributed by atoms with Crippen molar-refractivity contribution in [2.75, 3.05) is 0 Å². The van der Waals surface area contributed by atoms with E-state index in [1.165, 1.54) is 34.5 Å². The number of non-ortho nitro benzene ring substituents is 1. The molecule has 4 rings (SSSR count).